The quantitative estimate of drug-likeness (QED) is 0.438. The van der Waals surface area contributed by atoms with Crippen LogP contribution >= 0.6 is 0 Å². The second-order valence-corrected chi connectivity index (χ2v) is 10.7. The third kappa shape index (κ3) is 6.68. The summed E-state index contributed by atoms with van der Waals surface area (Å²) in [7, 11) is -1.05. The lowest BCUT2D eigenvalue weighted by Crippen LogP contribution is -2.50. The first-order chi connectivity index (χ1) is 17.6. The number of nitrogens with one attached hydrogen (secondary N) is 1. The fraction of sp³-hybridized carbons (Fsp3) is 0.286. The molecule has 0 unspecified atom stereocenters. The fourth-order valence-corrected chi connectivity index (χ4v) is 5.31. The average Bonchev–Trinajstić information content (AvgIpc) is 2.89. The van der Waals surface area contributed by atoms with Crippen molar-refractivity contribution in [2.75, 3.05) is 25.0 Å². The van der Waals surface area contributed by atoms with Crippen LogP contribution in [0.4, 0.5) is 5.69 Å². The molecule has 0 saturated carbocycles. The molecule has 0 spiro atoms. The summed E-state index contributed by atoms with van der Waals surface area (Å²) in [6.45, 7) is 4.95. The molecule has 0 fully saturated rings. The van der Waals surface area contributed by atoms with Gasteiger partial charge in [-0.15, -0.1) is 0 Å². The third-order valence-corrected chi connectivity index (χ3v) is 7.87. The van der Waals surface area contributed by atoms with Crippen LogP contribution in [0.15, 0.2) is 77.7 Å². The van der Waals surface area contributed by atoms with Crippen molar-refractivity contribution < 1.29 is 22.7 Å². The molecular weight excluding hydrogens is 490 g/mol. The summed E-state index contributed by atoms with van der Waals surface area (Å²) in [4.78, 5) is 27.8. The van der Waals surface area contributed by atoms with Crippen LogP contribution in [-0.4, -0.2) is 51.9 Å². The van der Waals surface area contributed by atoms with Crippen molar-refractivity contribution in [2.24, 2.45) is 0 Å². The number of anilines is 1. The monoisotopic (exact) mass is 523 g/mol. The van der Waals surface area contributed by atoms with Crippen molar-refractivity contribution in [2.45, 2.75) is 38.3 Å². The number of nitrogens with zero attached hydrogens (tertiary/aromatic N) is 2. The Morgan fingerprint density at radius 3 is 2.24 bits per heavy atom. The topological polar surface area (TPSA) is 96.0 Å². The molecule has 196 valence electrons. The summed E-state index contributed by atoms with van der Waals surface area (Å²) < 4.78 is 33.9. The van der Waals surface area contributed by atoms with Crippen LogP contribution in [0.3, 0.4) is 0 Å². The lowest BCUT2D eigenvalue weighted by Gasteiger charge is -2.32. The summed E-state index contributed by atoms with van der Waals surface area (Å²) in [5.74, 6) is -0.267. The Morgan fingerprint density at radius 1 is 0.946 bits per heavy atom. The van der Waals surface area contributed by atoms with Crippen LogP contribution in [0.1, 0.15) is 23.6 Å². The zero-order chi connectivity index (χ0) is 27.2. The number of carbonyl (C=O) groups excluding carboxylic acids is 2. The Labute approximate surface area is 218 Å². The third-order valence-electron chi connectivity index (χ3n) is 6.08. The van der Waals surface area contributed by atoms with Crippen molar-refractivity contribution in [1.82, 2.24) is 10.2 Å². The number of hydrogen-bond donors (Lipinski definition) is 1. The van der Waals surface area contributed by atoms with Gasteiger partial charge in [-0.1, -0.05) is 42.0 Å². The molecule has 37 heavy (non-hydrogen) atoms. The molecule has 2 amide bonds. The molecule has 8 nitrogen and oxygen atoms in total. The summed E-state index contributed by atoms with van der Waals surface area (Å²) in [5.41, 5.74) is 2.87. The van der Waals surface area contributed by atoms with Crippen molar-refractivity contribution in [1.29, 1.82) is 0 Å². The highest BCUT2D eigenvalue weighted by atomic mass is 32.2. The normalized spacial score (nSPS) is 11.9. The van der Waals surface area contributed by atoms with Crippen LogP contribution in [0, 0.1) is 13.8 Å². The number of methoxy groups -OCH3 is 1. The predicted octanol–water partition coefficient (Wildman–Crippen LogP) is 3.67. The van der Waals surface area contributed by atoms with Gasteiger partial charge in [-0.25, -0.2) is 8.42 Å². The molecule has 0 radical (unpaired) electrons. The molecular formula is C28H33N3O5S. The smallest absolute Gasteiger partial charge is 0.264 e. The first kappa shape index (κ1) is 27.7. The highest BCUT2D eigenvalue weighted by molar-refractivity contribution is 7.92. The van der Waals surface area contributed by atoms with E-state index in [9.17, 15) is 18.0 Å². The first-order valence-electron chi connectivity index (χ1n) is 11.9. The summed E-state index contributed by atoms with van der Waals surface area (Å²) in [6.07, 6.45) is 0. The molecule has 3 aromatic carbocycles. The number of hydrogen-bond acceptors (Lipinski definition) is 5. The zero-order valence-corrected chi connectivity index (χ0v) is 22.6. The van der Waals surface area contributed by atoms with Crippen molar-refractivity contribution in [3.05, 3.63) is 89.5 Å². The summed E-state index contributed by atoms with van der Waals surface area (Å²) in [5, 5.41) is 2.57. The van der Waals surface area contributed by atoms with Gasteiger partial charge in [-0.2, -0.15) is 0 Å². The highest BCUT2D eigenvalue weighted by Gasteiger charge is 2.32. The standard InChI is InChI=1S/C28H33N3O5S/c1-20-12-14-26(15-13-20)37(34,35)31(24-10-6-8-21(2)16-24)19-27(32)30(22(3)28(33)29-4)18-23-9-7-11-25(17-23)36-5/h6-17,22H,18-19H2,1-5H3,(H,29,33)/t22-/m1/s1. The number of sulfonamides is 1. The minimum absolute atomic E-state index is 0.0751. The van der Waals surface area contributed by atoms with E-state index in [0.717, 1.165) is 21.0 Å². The van der Waals surface area contributed by atoms with E-state index in [4.69, 9.17) is 4.74 Å². The van der Waals surface area contributed by atoms with E-state index in [1.54, 1.807) is 62.6 Å². The molecule has 3 rings (SSSR count). The average molecular weight is 524 g/mol. The molecule has 0 saturated heterocycles. The number of carbonyl (C=O) groups is 2. The van der Waals surface area contributed by atoms with Crippen molar-refractivity contribution >= 4 is 27.5 Å². The van der Waals surface area contributed by atoms with Gasteiger partial charge in [0, 0.05) is 13.6 Å². The van der Waals surface area contributed by atoms with Gasteiger partial charge >= 0.3 is 0 Å². The van der Waals surface area contributed by atoms with Gasteiger partial charge < -0.3 is 15.0 Å². The minimum Gasteiger partial charge on any atom is -0.497 e. The first-order valence-corrected chi connectivity index (χ1v) is 13.3. The fourth-order valence-electron chi connectivity index (χ4n) is 3.91. The van der Waals surface area contributed by atoms with Crippen LogP contribution in [0.5, 0.6) is 5.75 Å². The summed E-state index contributed by atoms with van der Waals surface area (Å²) in [6, 6.07) is 19.8. The molecule has 0 aromatic heterocycles. The highest BCUT2D eigenvalue weighted by Crippen LogP contribution is 2.26. The Kier molecular flexibility index (Phi) is 8.94. The van der Waals surface area contributed by atoms with Gasteiger partial charge in [0.25, 0.3) is 10.0 Å². The number of ether oxygens (including phenoxy) is 1. The molecule has 3 aromatic rings. The largest absolute Gasteiger partial charge is 0.497 e. The van der Waals surface area contributed by atoms with Crippen LogP contribution in [0.2, 0.25) is 0 Å². The summed E-state index contributed by atoms with van der Waals surface area (Å²) >= 11 is 0. The van der Waals surface area contributed by atoms with Crippen LogP contribution in [0.25, 0.3) is 0 Å². The molecule has 0 bridgehead atoms. The lowest BCUT2D eigenvalue weighted by molar-refractivity contribution is -0.139. The molecule has 0 aliphatic heterocycles. The molecule has 0 aliphatic carbocycles. The van der Waals surface area contributed by atoms with Gasteiger partial charge in [0.15, 0.2) is 0 Å². The van der Waals surface area contributed by atoms with E-state index in [1.807, 2.05) is 26.0 Å². The molecule has 0 aliphatic rings. The molecule has 1 atom stereocenters. The predicted molar refractivity (Wildman–Crippen MR) is 144 cm³/mol. The van der Waals surface area contributed by atoms with Gasteiger partial charge in [-0.3, -0.25) is 13.9 Å². The Balaban J connectivity index is 2.03. The van der Waals surface area contributed by atoms with Crippen molar-refractivity contribution in [3.8, 4) is 5.75 Å². The van der Waals surface area contributed by atoms with E-state index in [1.165, 1.54) is 24.1 Å². The molecule has 9 heteroatoms. The second-order valence-electron chi connectivity index (χ2n) is 8.83. The maximum atomic E-state index is 13.8. The van der Waals surface area contributed by atoms with Gasteiger partial charge in [0.05, 0.1) is 17.7 Å². The van der Waals surface area contributed by atoms with E-state index < -0.39 is 28.5 Å². The van der Waals surface area contributed by atoms with E-state index in [0.29, 0.717) is 11.4 Å². The Hall–Kier alpha value is -3.85. The second kappa shape index (κ2) is 11.9. The number of aryl methyl sites for hydroxylation is 2. The maximum Gasteiger partial charge on any atom is 0.264 e. The van der Waals surface area contributed by atoms with Crippen molar-refractivity contribution in [3.63, 3.8) is 0 Å². The SMILES string of the molecule is CNC(=O)[C@@H](C)N(Cc1cccc(OC)c1)C(=O)CN(c1cccc(C)c1)S(=O)(=O)c1ccc(C)cc1. The Morgan fingerprint density at radius 2 is 1.62 bits per heavy atom. The zero-order valence-electron chi connectivity index (χ0n) is 21.8. The van der Waals surface area contributed by atoms with E-state index in [2.05, 4.69) is 5.32 Å². The van der Waals surface area contributed by atoms with Gasteiger partial charge in [0.2, 0.25) is 11.8 Å². The number of amides is 2. The maximum absolute atomic E-state index is 13.8. The number of likely N-dealkylation sites (N-methyl/N-ethyl adjacent to an activating group) is 1. The van der Waals surface area contributed by atoms with Crippen LogP contribution in [-0.2, 0) is 26.2 Å². The Bertz CT molecular complexity index is 1360. The van der Waals surface area contributed by atoms with Gasteiger partial charge in [0.1, 0.15) is 18.3 Å². The van der Waals surface area contributed by atoms with E-state index >= 15 is 0 Å². The lowest BCUT2D eigenvalue weighted by atomic mass is 10.1. The number of benzene rings is 3. The van der Waals surface area contributed by atoms with Crippen LogP contribution < -0.4 is 14.4 Å². The number of rotatable bonds is 10. The minimum atomic E-state index is -4.09. The van der Waals surface area contributed by atoms with Gasteiger partial charge in [-0.05, 0) is 68.3 Å². The molecule has 0 heterocycles. The van der Waals surface area contributed by atoms with E-state index in [-0.39, 0.29) is 17.3 Å². The molecule has 1 N–H and O–H groups in total.